The highest BCUT2D eigenvalue weighted by molar-refractivity contribution is 7.90. The van der Waals surface area contributed by atoms with Gasteiger partial charge in [-0.15, -0.1) is 11.3 Å². The Morgan fingerprint density at radius 2 is 1.97 bits per heavy atom. The van der Waals surface area contributed by atoms with Crippen molar-refractivity contribution in [1.82, 2.24) is 24.7 Å². The second-order valence-corrected chi connectivity index (χ2v) is 9.54. The maximum absolute atomic E-state index is 12.6. The van der Waals surface area contributed by atoms with Crippen LogP contribution in [0.3, 0.4) is 0 Å². The number of fused-ring (bicyclic) bond motifs is 1. The van der Waals surface area contributed by atoms with Gasteiger partial charge in [0.15, 0.2) is 5.69 Å². The van der Waals surface area contributed by atoms with Gasteiger partial charge in [0.2, 0.25) is 15.0 Å². The van der Waals surface area contributed by atoms with Gasteiger partial charge in [-0.2, -0.15) is 0 Å². The predicted octanol–water partition coefficient (Wildman–Crippen LogP) is 2.62. The maximum Gasteiger partial charge on any atom is 0.272 e. The number of sulfone groups is 1. The van der Waals surface area contributed by atoms with Crippen LogP contribution < -0.4 is 5.32 Å². The average molecular weight is 442 g/mol. The highest BCUT2D eigenvalue weighted by Gasteiger charge is 2.22. The minimum absolute atomic E-state index is 0.102. The molecule has 0 aliphatic rings. The summed E-state index contributed by atoms with van der Waals surface area (Å²) >= 11 is 1.58. The van der Waals surface area contributed by atoms with Gasteiger partial charge in [-0.05, 0) is 30.7 Å². The van der Waals surface area contributed by atoms with Crippen molar-refractivity contribution in [3.63, 3.8) is 0 Å². The van der Waals surface area contributed by atoms with Crippen molar-refractivity contribution >= 4 is 32.6 Å². The Kier molecular flexibility index (Phi) is 5.60. The number of amides is 1. The zero-order valence-electron chi connectivity index (χ0n) is 16.1. The van der Waals surface area contributed by atoms with E-state index >= 15 is 0 Å². The molecule has 10 heteroatoms. The van der Waals surface area contributed by atoms with Crippen LogP contribution in [0.25, 0.3) is 16.8 Å². The Morgan fingerprint density at radius 1 is 1.17 bits per heavy atom. The number of rotatable bonds is 7. The van der Waals surface area contributed by atoms with Crippen molar-refractivity contribution in [1.29, 1.82) is 0 Å². The smallest absolute Gasteiger partial charge is 0.272 e. The molecular formula is C20H19N5O3S2. The van der Waals surface area contributed by atoms with Crippen LogP contribution in [0.4, 0.5) is 0 Å². The number of nitrogens with zero attached hydrogens (tertiary/aromatic N) is 4. The molecular weight excluding hydrogens is 422 g/mol. The van der Waals surface area contributed by atoms with Crippen LogP contribution in [0.2, 0.25) is 0 Å². The summed E-state index contributed by atoms with van der Waals surface area (Å²) in [6.45, 7) is 0.434. The van der Waals surface area contributed by atoms with Crippen LogP contribution in [0.5, 0.6) is 0 Å². The van der Waals surface area contributed by atoms with Crippen LogP contribution in [0.15, 0.2) is 59.5 Å². The molecule has 4 heterocycles. The van der Waals surface area contributed by atoms with Crippen molar-refractivity contribution in [2.75, 3.05) is 12.8 Å². The number of carbonyl (C=O) groups is 1. The van der Waals surface area contributed by atoms with Crippen molar-refractivity contribution in [2.24, 2.45) is 0 Å². The van der Waals surface area contributed by atoms with Crippen molar-refractivity contribution in [3.05, 3.63) is 65.0 Å². The fourth-order valence-corrected chi connectivity index (χ4v) is 4.67. The van der Waals surface area contributed by atoms with Crippen molar-refractivity contribution < 1.29 is 13.2 Å². The average Bonchev–Trinajstić information content (AvgIpc) is 3.36. The molecule has 0 radical (unpaired) electrons. The zero-order valence-corrected chi connectivity index (χ0v) is 17.8. The Hall–Kier alpha value is -3.11. The first-order valence-corrected chi connectivity index (χ1v) is 12.0. The second kappa shape index (κ2) is 8.33. The fourth-order valence-electron chi connectivity index (χ4n) is 3.04. The summed E-state index contributed by atoms with van der Waals surface area (Å²) in [6, 6.07) is 8.94. The van der Waals surface area contributed by atoms with Gasteiger partial charge in [-0.3, -0.25) is 14.2 Å². The first-order valence-electron chi connectivity index (χ1n) is 9.23. The molecule has 0 saturated heterocycles. The summed E-state index contributed by atoms with van der Waals surface area (Å²) in [7, 11) is -3.56. The monoisotopic (exact) mass is 441 g/mol. The van der Waals surface area contributed by atoms with Crippen LogP contribution in [-0.2, 0) is 16.3 Å². The quantitative estimate of drug-likeness (QED) is 0.442. The highest BCUT2D eigenvalue weighted by Crippen LogP contribution is 2.22. The molecule has 0 aliphatic heterocycles. The third-order valence-corrected chi connectivity index (χ3v) is 6.30. The van der Waals surface area contributed by atoms with E-state index in [9.17, 15) is 13.2 Å². The molecule has 4 aromatic heterocycles. The minimum Gasteiger partial charge on any atom is -0.351 e. The van der Waals surface area contributed by atoms with Crippen LogP contribution >= 0.6 is 11.3 Å². The lowest BCUT2D eigenvalue weighted by molar-refractivity contribution is 0.0950. The Morgan fingerprint density at radius 3 is 2.73 bits per heavy atom. The van der Waals surface area contributed by atoms with E-state index in [4.69, 9.17) is 0 Å². The molecule has 4 rings (SSSR count). The van der Waals surface area contributed by atoms with E-state index in [1.54, 1.807) is 48.1 Å². The van der Waals surface area contributed by atoms with Gasteiger partial charge >= 0.3 is 0 Å². The first-order chi connectivity index (χ1) is 14.4. The van der Waals surface area contributed by atoms with Gasteiger partial charge < -0.3 is 5.32 Å². The molecule has 0 saturated carbocycles. The summed E-state index contributed by atoms with van der Waals surface area (Å²) < 4.78 is 25.4. The van der Waals surface area contributed by atoms with Gasteiger partial charge in [-0.1, -0.05) is 6.07 Å². The van der Waals surface area contributed by atoms with E-state index in [1.807, 2.05) is 17.5 Å². The number of carbonyl (C=O) groups excluding carboxylic acids is 1. The SMILES string of the molecule is CS(=O)(=O)c1nc(C(=O)NCCCc2nc(-c3ccncc3)cs2)c2ccccn12. The molecule has 1 amide bonds. The number of aryl methyl sites for hydroxylation is 1. The first kappa shape index (κ1) is 20.2. The van der Waals surface area contributed by atoms with Gasteiger partial charge in [-0.25, -0.2) is 18.4 Å². The molecule has 8 nitrogen and oxygen atoms in total. The number of hydrogen-bond acceptors (Lipinski definition) is 7. The Bertz CT molecular complexity index is 1300. The minimum atomic E-state index is -3.56. The highest BCUT2D eigenvalue weighted by atomic mass is 32.2. The normalized spacial score (nSPS) is 11.6. The molecule has 0 bridgehead atoms. The summed E-state index contributed by atoms with van der Waals surface area (Å²) in [6.07, 6.45) is 7.56. The van der Waals surface area contributed by atoms with E-state index in [0.717, 1.165) is 28.9 Å². The van der Waals surface area contributed by atoms with Crippen molar-refractivity contribution in [2.45, 2.75) is 18.0 Å². The topological polar surface area (TPSA) is 106 Å². The molecule has 0 unspecified atom stereocenters. The zero-order chi connectivity index (χ0) is 21.1. The molecule has 154 valence electrons. The number of imidazole rings is 1. The lowest BCUT2D eigenvalue weighted by Gasteiger charge is -2.03. The number of pyridine rings is 2. The third kappa shape index (κ3) is 4.24. The summed E-state index contributed by atoms with van der Waals surface area (Å²) in [5.74, 6) is -0.398. The van der Waals surface area contributed by atoms with Crippen LogP contribution in [-0.4, -0.2) is 46.5 Å². The summed E-state index contributed by atoms with van der Waals surface area (Å²) in [5.41, 5.74) is 2.50. The van der Waals surface area contributed by atoms with E-state index in [2.05, 4.69) is 20.3 Å². The van der Waals surface area contributed by atoms with Gasteiger partial charge in [0.1, 0.15) is 0 Å². The standard InChI is InChI=1S/C20H19N5O3S2/c1-30(27,28)20-24-18(16-5-2-3-12-25(16)20)19(26)22-9-4-6-17-23-15(13-29-17)14-7-10-21-11-8-14/h2-3,5,7-8,10-13H,4,6,9H2,1H3,(H,22,26). The molecule has 0 atom stereocenters. The number of thiazole rings is 1. The molecule has 0 spiro atoms. The van der Waals surface area contributed by atoms with Crippen molar-refractivity contribution in [3.8, 4) is 11.3 Å². The third-order valence-electron chi connectivity index (χ3n) is 4.44. The van der Waals surface area contributed by atoms with Crippen LogP contribution in [0.1, 0.15) is 21.9 Å². The Balaban J connectivity index is 1.39. The maximum atomic E-state index is 12.6. The van der Waals surface area contributed by atoms with E-state index in [1.165, 1.54) is 4.40 Å². The largest absolute Gasteiger partial charge is 0.351 e. The summed E-state index contributed by atoms with van der Waals surface area (Å²) in [5, 5.41) is 5.68. The fraction of sp³-hybridized carbons (Fsp3) is 0.200. The van der Waals surface area contributed by atoms with Crippen LogP contribution in [0, 0.1) is 0 Å². The lowest BCUT2D eigenvalue weighted by Crippen LogP contribution is -2.25. The van der Waals surface area contributed by atoms with E-state index < -0.39 is 15.7 Å². The number of hydrogen-bond donors (Lipinski definition) is 1. The van der Waals surface area contributed by atoms with Gasteiger partial charge in [0, 0.05) is 48.8 Å². The molecule has 0 fully saturated rings. The molecule has 1 N–H and O–H groups in total. The molecule has 30 heavy (non-hydrogen) atoms. The van der Waals surface area contributed by atoms with E-state index in [-0.39, 0.29) is 10.9 Å². The molecule has 4 aromatic rings. The molecule has 0 aliphatic carbocycles. The van der Waals surface area contributed by atoms with Gasteiger partial charge in [0.25, 0.3) is 5.91 Å². The predicted molar refractivity (Wildman–Crippen MR) is 114 cm³/mol. The molecule has 0 aromatic carbocycles. The number of nitrogens with one attached hydrogen (secondary N) is 1. The van der Waals surface area contributed by atoms with E-state index in [0.29, 0.717) is 18.5 Å². The Labute approximate surface area is 177 Å². The lowest BCUT2D eigenvalue weighted by atomic mass is 10.2. The van der Waals surface area contributed by atoms with Gasteiger partial charge in [0.05, 0.1) is 16.2 Å². The second-order valence-electron chi connectivity index (χ2n) is 6.69. The number of aromatic nitrogens is 4. The summed E-state index contributed by atoms with van der Waals surface area (Å²) in [4.78, 5) is 25.3.